The van der Waals surface area contributed by atoms with E-state index in [1.807, 2.05) is 9.80 Å². The number of aromatic nitrogens is 2. The quantitative estimate of drug-likeness (QED) is 0.820. The Morgan fingerprint density at radius 2 is 1.91 bits per heavy atom. The summed E-state index contributed by atoms with van der Waals surface area (Å²) in [7, 11) is 0. The van der Waals surface area contributed by atoms with E-state index in [1.165, 1.54) is 0 Å². The van der Waals surface area contributed by atoms with Crippen LogP contribution in [0.15, 0.2) is 18.3 Å². The first kappa shape index (κ1) is 15.7. The zero-order chi connectivity index (χ0) is 16.2. The lowest BCUT2D eigenvalue weighted by Crippen LogP contribution is -2.43. The summed E-state index contributed by atoms with van der Waals surface area (Å²) in [5, 5.41) is 7.70. The lowest BCUT2D eigenvalue weighted by atomic mass is 9.95. The molecule has 0 N–H and O–H groups in total. The molecule has 2 aliphatic rings. The minimum absolute atomic E-state index is 0.0204. The highest BCUT2D eigenvalue weighted by atomic mass is 16.5. The largest absolute Gasteiger partial charge is 0.471 e. The smallest absolute Gasteiger partial charge is 0.233 e. The Balaban J connectivity index is 1.49. The molecule has 0 aliphatic carbocycles. The van der Waals surface area contributed by atoms with Crippen molar-refractivity contribution in [2.75, 3.05) is 26.2 Å². The number of likely N-dealkylation sites (tertiary alicyclic amines) is 2. The first-order valence-electron chi connectivity index (χ1n) is 8.12. The molecule has 0 bridgehead atoms. The Hall–Kier alpha value is -2.18. The summed E-state index contributed by atoms with van der Waals surface area (Å²) in [4.78, 5) is 27.7. The van der Waals surface area contributed by atoms with Crippen molar-refractivity contribution in [2.24, 2.45) is 5.92 Å². The van der Waals surface area contributed by atoms with E-state index in [9.17, 15) is 9.59 Å². The van der Waals surface area contributed by atoms with Crippen LogP contribution in [0.1, 0.15) is 26.2 Å². The van der Waals surface area contributed by atoms with Gasteiger partial charge in [-0.2, -0.15) is 5.10 Å². The van der Waals surface area contributed by atoms with Gasteiger partial charge in [-0.1, -0.05) is 0 Å². The number of nitrogens with zero attached hydrogens (tertiary/aromatic N) is 4. The van der Waals surface area contributed by atoms with E-state index in [4.69, 9.17) is 4.74 Å². The summed E-state index contributed by atoms with van der Waals surface area (Å²) in [5.74, 6) is 0.815. The second kappa shape index (κ2) is 6.93. The fourth-order valence-electron chi connectivity index (χ4n) is 3.25. The molecule has 0 unspecified atom stereocenters. The fourth-order valence-corrected chi connectivity index (χ4v) is 3.25. The van der Waals surface area contributed by atoms with E-state index in [0.29, 0.717) is 25.5 Å². The number of piperidine rings is 1. The van der Waals surface area contributed by atoms with Gasteiger partial charge in [-0.3, -0.25) is 9.59 Å². The van der Waals surface area contributed by atoms with Crippen LogP contribution in [-0.2, 0) is 9.59 Å². The lowest BCUT2D eigenvalue weighted by Gasteiger charge is -2.32. The van der Waals surface area contributed by atoms with E-state index in [2.05, 4.69) is 10.2 Å². The molecule has 0 saturated carbocycles. The fraction of sp³-hybridized carbons (Fsp3) is 0.625. The van der Waals surface area contributed by atoms with Crippen LogP contribution in [0.3, 0.4) is 0 Å². The topological polar surface area (TPSA) is 75.6 Å². The van der Waals surface area contributed by atoms with Gasteiger partial charge in [0, 0.05) is 51.2 Å². The van der Waals surface area contributed by atoms with Gasteiger partial charge in [0.2, 0.25) is 17.7 Å². The summed E-state index contributed by atoms with van der Waals surface area (Å²) in [6.45, 7) is 4.26. The molecule has 0 aromatic carbocycles. The van der Waals surface area contributed by atoms with Crippen molar-refractivity contribution in [2.45, 2.75) is 32.3 Å². The predicted molar refractivity (Wildman–Crippen MR) is 82.6 cm³/mol. The summed E-state index contributed by atoms with van der Waals surface area (Å²) in [5.41, 5.74) is 0. The second-order valence-electron chi connectivity index (χ2n) is 6.16. The Morgan fingerprint density at radius 1 is 1.17 bits per heavy atom. The average molecular weight is 318 g/mol. The molecule has 1 aromatic rings. The van der Waals surface area contributed by atoms with Gasteiger partial charge in [0.1, 0.15) is 6.10 Å². The van der Waals surface area contributed by atoms with Crippen LogP contribution in [0.5, 0.6) is 5.88 Å². The van der Waals surface area contributed by atoms with Crippen LogP contribution in [-0.4, -0.2) is 64.1 Å². The summed E-state index contributed by atoms with van der Waals surface area (Å²) >= 11 is 0. The second-order valence-corrected chi connectivity index (χ2v) is 6.16. The van der Waals surface area contributed by atoms with Crippen molar-refractivity contribution < 1.29 is 14.3 Å². The van der Waals surface area contributed by atoms with E-state index in [0.717, 1.165) is 25.8 Å². The standard InChI is InChI=1S/C16H22N4O3/c1-12(21)19-8-4-13(5-9-19)16(22)20-10-6-14(11-20)23-15-3-2-7-17-18-15/h2-3,7,13-14H,4-6,8-11H2,1H3/t14-/m1/s1. The molecule has 2 saturated heterocycles. The third kappa shape index (κ3) is 3.78. The van der Waals surface area contributed by atoms with Gasteiger partial charge in [0.15, 0.2) is 0 Å². The zero-order valence-corrected chi connectivity index (χ0v) is 13.4. The number of amides is 2. The molecule has 0 radical (unpaired) electrons. The van der Waals surface area contributed by atoms with E-state index < -0.39 is 0 Å². The van der Waals surface area contributed by atoms with E-state index in [-0.39, 0.29) is 23.8 Å². The number of carbonyl (C=O) groups is 2. The molecule has 7 heteroatoms. The first-order chi connectivity index (χ1) is 11.1. The number of carbonyl (C=O) groups excluding carboxylic acids is 2. The summed E-state index contributed by atoms with van der Waals surface area (Å²) in [6, 6.07) is 3.55. The Bertz CT molecular complexity index is 558. The molecule has 3 rings (SSSR count). The molecule has 2 fully saturated rings. The maximum atomic E-state index is 12.6. The van der Waals surface area contributed by atoms with Crippen molar-refractivity contribution in [1.82, 2.24) is 20.0 Å². The molecule has 7 nitrogen and oxygen atoms in total. The van der Waals surface area contributed by atoms with Crippen LogP contribution < -0.4 is 4.74 Å². The van der Waals surface area contributed by atoms with E-state index >= 15 is 0 Å². The molecule has 2 amide bonds. The third-order valence-corrected chi connectivity index (χ3v) is 4.58. The van der Waals surface area contributed by atoms with Crippen LogP contribution >= 0.6 is 0 Å². The van der Waals surface area contributed by atoms with Gasteiger partial charge in [0.05, 0.1) is 6.54 Å². The highest BCUT2D eigenvalue weighted by Crippen LogP contribution is 2.23. The average Bonchev–Trinajstić information content (AvgIpc) is 3.03. The molecule has 124 valence electrons. The highest BCUT2D eigenvalue weighted by Gasteiger charge is 2.34. The van der Waals surface area contributed by atoms with Crippen molar-refractivity contribution in [3.05, 3.63) is 18.3 Å². The van der Waals surface area contributed by atoms with Crippen molar-refractivity contribution >= 4 is 11.8 Å². The van der Waals surface area contributed by atoms with Crippen LogP contribution in [0.25, 0.3) is 0 Å². The molecule has 23 heavy (non-hydrogen) atoms. The molecule has 0 spiro atoms. The summed E-state index contributed by atoms with van der Waals surface area (Å²) < 4.78 is 5.77. The normalized spacial score (nSPS) is 22.2. The first-order valence-corrected chi connectivity index (χ1v) is 8.12. The number of hydrogen-bond donors (Lipinski definition) is 0. The van der Waals surface area contributed by atoms with Crippen LogP contribution in [0.4, 0.5) is 0 Å². The summed E-state index contributed by atoms with van der Waals surface area (Å²) in [6.07, 6.45) is 3.90. The van der Waals surface area contributed by atoms with Crippen molar-refractivity contribution in [1.29, 1.82) is 0 Å². The Kier molecular flexibility index (Phi) is 4.73. The minimum Gasteiger partial charge on any atom is -0.471 e. The monoisotopic (exact) mass is 318 g/mol. The van der Waals surface area contributed by atoms with E-state index in [1.54, 1.807) is 25.3 Å². The van der Waals surface area contributed by atoms with Gasteiger partial charge in [0.25, 0.3) is 0 Å². The van der Waals surface area contributed by atoms with Crippen molar-refractivity contribution in [3.8, 4) is 5.88 Å². The maximum absolute atomic E-state index is 12.6. The zero-order valence-electron chi connectivity index (χ0n) is 13.4. The Labute approximate surface area is 135 Å². The van der Waals surface area contributed by atoms with Gasteiger partial charge >= 0.3 is 0 Å². The predicted octanol–water partition coefficient (Wildman–Crippen LogP) is 0.715. The minimum atomic E-state index is -0.0204. The molecular formula is C16H22N4O3. The Morgan fingerprint density at radius 3 is 2.57 bits per heavy atom. The van der Waals surface area contributed by atoms with Gasteiger partial charge in [-0.15, -0.1) is 5.10 Å². The van der Waals surface area contributed by atoms with Crippen LogP contribution in [0.2, 0.25) is 0 Å². The van der Waals surface area contributed by atoms with Gasteiger partial charge in [-0.25, -0.2) is 0 Å². The number of ether oxygens (including phenoxy) is 1. The van der Waals surface area contributed by atoms with Gasteiger partial charge < -0.3 is 14.5 Å². The molecule has 3 heterocycles. The number of hydrogen-bond acceptors (Lipinski definition) is 5. The highest BCUT2D eigenvalue weighted by molar-refractivity contribution is 5.80. The number of rotatable bonds is 3. The molecule has 2 aliphatic heterocycles. The molecule has 1 aromatic heterocycles. The molecule has 1 atom stereocenters. The van der Waals surface area contributed by atoms with Crippen LogP contribution in [0, 0.1) is 5.92 Å². The van der Waals surface area contributed by atoms with Gasteiger partial charge in [-0.05, 0) is 18.9 Å². The lowest BCUT2D eigenvalue weighted by molar-refractivity contribution is -0.139. The van der Waals surface area contributed by atoms with Crippen molar-refractivity contribution in [3.63, 3.8) is 0 Å². The maximum Gasteiger partial charge on any atom is 0.233 e. The molecular weight excluding hydrogens is 296 g/mol. The third-order valence-electron chi connectivity index (χ3n) is 4.58. The SMILES string of the molecule is CC(=O)N1CCC(C(=O)N2CC[C@@H](Oc3cccnn3)C2)CC1.